The third-order valence-corrected chi connectivity index (χ3v) is 5.42. The number of rotatable bonds is 6. The van der Waals surface area contributed by atoms with Gasteiger partial charge in [-0.1, -0.05) is 38.1 Å². The molecule has 3 rings (SSSR count). The molecule has 3 aromatic rings. The first kappa shape index (κ1) is 21.4. The molecule has 2 aromatic heterocycles. The number of thiophene rings is 1. The number of halogens is 1. The lowest BCUT2D eigenvalue weighted by atomic mass is 9.91. The largest absolute Gasteiger partial charge is 0.356 e. The number of guanidine groups is 1. The van der Waals surface area contributed by atoms with Crippen LogP contribution >= 0.6 is 35.3 Å². The monoisotopic (exact) mass is 496 g/mol. The van der Waals surface area contributed by atoms with E-state index in [1.165, 1.54) is 11.2 Å². The summed E-state index contributed by atoms with van der Waals surface area (Å²) in [5.74, 6) is 1.56. The molecule has 2 heterocycles. The Balaban J connectivity index is 0.00000261. The summed E-state index contributed by atoms with van der Waals surface area (Å²) in [5.41, 5.74) is 2.22. The summed E-state index contributed by atoms with van der Waals surface area (Å²) in [6.45, 7) is 5.96. The molecule has 0 spiro atoms. The van der Waals surface area contributed by atoms with Crippen LogP contribution in [0.4, 0.5) is 0 Å². The van der Waals surface area contributed by atoms with Gasteiger partial charge in [-0.2, -0.15) is 5.10 Å². The molecule has 0 fully saturated rings. The van der Waals surface area contributed by atoms with E-state index in [1.54, 1.807) is 18.4 Å². The van der Waals surface area contributed by atoms with Gasteiger partial charge in [0.05, 0.1) is 0 Å². The zero-order valence-electron chi connectivity index (χ0n) is 15.7. The van der Waals surface area contributed by atoms with Crippen molar-refractivity contribution >= 4 is 41.3 Å². The Labute approximate surface area is 180 Å². The van der Waals surface area contributed by atoms with E-state index in [0.29, 0.717) is 6.54 Å². The SMILES string of the molecule is CN=C(NCc1cccc(-c2ncn[nH]2)c1)NCC(C)(C)c1cccs1.I. The Morgan fingerprint density at radius 2 is 2.07 bits per heavy atom. The Kier molecular flexibility index (Phi) is 7.78. The van der Waals surface area contributed by atoms with E-state index in [9.17, 15) is 0 Å². The molecule has 6 nitrogen and oxygen atoms in total. The van der Waals surface area contributed by atoms with Gasteiger partial charge in [0.2, 0.25) is 0 Å². The smallest absolute Gasteiger partial charge is 0.191 e. The van der Waals surface area contributed by atoms with Crippen molar-refractivity contribution < 1.29 is 0 Å². The highest BCUT2D eigenvalue weighted by atomic mass is 127. The van der Waals surface area contributed by atoms with Crippen LogP contribution in [-0.4, -0.2) is 34.7 Å². The van der Waals surface area contributed by atoms with Crippen LogP contribution in [0.2, 0.25) is 0 Å². The summed E-state index contributed by atoms with van der Waals surface area (Å²) >= 11 is 1.79. The number of aromatic nitrogens is 3. The maximum Gasteiger partial charge on any atom is 0.191 e. The first-order chi connectivity index (χ1) is 12.6. The number of hydrogen-bond donors (Lipinski definition) is 3. The van der Waals surface area contributed by atoms with Crippen molar-refractivity contribution in [3.63, 3.8) is 0 Å². The van der Waals surface area contributed by atoms with Crippen molar-refractivity contribution in [3.05, 3.63) is 58.5 Å². The van der Waals surface area contributed by atoms with E-state index in [1.807, 2.05) is 12.1 Å². The van der Waals surface area contributed by atoms with Crippen LogP contribution in [0, 0.1) is 0 Å². The maximum atomic E-state index is 4.33. The molecule has 1 aromatic carbocycles. The van der Waals surface area contributed by atoms with Crippen molar-refractivity contribution in [1.82, 2.24) is 25.8 Å². The fourth-order valence-electron chi connectivity index (χ4n) is 2.64. The molecule has 0 aliphatic heterocycles. The van der Waals surface area contributed by atoms with Gasteiger partial charge < -0.3 is 10.6 Å². The second-order valence-electron chi connectivity index (χ2n) is 6.67. The number of aromatic amines is 1. The molecule has 0 unspecified atom stereocenters. The second kappa shape index (κ2) is 9.84. The van der Waals surface area contributed by atoms with Crippen LogP contribution in [0.5, 0.6) is 0 Å². The Bertz CT molecular complexity index is 843. The number of aliphatic imine (C=N–C) groups is 1. The highest BCUT2D eigenvalue weighted by Gasteiger charge is 2.21. The molecule has 0 atom stereocenters. The molecular weight excluding hydrogens is 471 g/mol. The van der Waals surface area contributed by atoms with Crippen molar-refractivity contribution in [1.29, 1.82) is 0 Å². The van der Waals surface area contributed by atoms with Gasteiger partial charge in [0.1, 0.15) is 6.33 Å². The number of nitrogens with one attached hydrogen (secondary N) is 3. The number of hydrogen-bond acceptors (Lipinski definition) is 4. The van der Waals surface area contributed by atoms with Gasteiger partial charge in [-0.05, 0) is 23.1 Å². The van der Waals surface area contributed by atoms with E-state index in [-0.39, 0.29) is 29.4 Å². The standard InChI is InChI=1S/C19H24N6S.HI/c1-19(2,16-8-5-9-26-16)12-22-18(20-3)21-11-14-6-4-7-15(10-14)17-23-13-24-25-17;/h4-10,13H,11-12H2,1-3H3,(H2,20,21,22)(H,23,24,25);1H. The zero-order valence-corrected chi connectivity index (χ0v) is 18.8. The first-order valence-electron chi connectivity index (χ1n) is 8.52. The molecule has 0 amide bonds. The molecular formula is C19H25IN6S. The maximum absolute atomic E-state index is 4.33. The Morgan fingerprint density at radius 1 is 1.22 bits per heavy atom. The van der Waals surface area contributed by atoms with E-state index >= 15 is 0 Å². The lowest BCUT2D eigenvalue weighted by molar-refractivity contribution is 0.518. The molecule has 0 radical (unpaired) electrons. The van der Waals surface area contributed by atoms with E-state index in [0.717, 1.165) is 29.5 Å². The van der Waals surface area contributed by atoms with Crippen LogP contribution in [0.1, 0.15) is 24.3 Å². The highest BCUT2D eigenvalue weighted by Crippen LogP contribution is 2.26. The van der Waals surface area contributed by atoms with Gasteiger partial charge in [0.15, 0.2) is 11.8 Å². The summed E-state index contributed by atoms with van der Waals surface area (Å²) in [6.07, 6.45) is 1.52. The Morgan fingerprint density at radius 3 is 2.74 bits per heavy atom. The predicted octanol–water partition coefficient (Wildman–Crippen LogP) is 3.79. The molecule has 144 valence electrons. The minimum absolute atomic E-state index is 0. The molecule has 0 aliphatic rings. The number of nitrogens with zero attached hydrogens (tertiary/aromatic N) is 3. The quantitative estimate of drug-likeness (QED) is 0.276. The van der Waals surface area contributed by atoms with Gasteiger partial charge in [-0.15, -0.1) is 35.3 Å². The van der Waals surface area contributed by atoms with Gasteiger partial charge in [0.25, 0.3) is 0 Å². The average Bonchev–Trinajstić information content (AvgIpc) is 3.36. The first-order valence-corrected chi connectivity index (χ1v) is 9.39. The minimum atomic E-state index is 0. The minimum Gasteiger partial charge on any atom is -0.356 e. The molecule has 27 heavy (non-hydrogen) atoms. The second-order valence-corrected chi connectivity index (χ2v) is 7.62. The zero-order chi connectivity index (χ0) is 18.4. The van der Waals surface area contributed by atoms with Crippen LogP contribution in [0.15, 0.2) is 53.1 Å². The molecule has 0 bridgehead atoms. The van der Waals surface area contributed by atoms with Crippen molar-refractivity contribution in [3.8, 4) is 11.4 Å². The van der Waals surface area contributed by atoms with Crippen molar-refractivity contribution in [2.75, 3.05) is 13.6 Å². The lowest BCUT2D eigenvalue weighted by Gasteiger charge is -2.25. The van der Waals surface area contributed by atoms with Gasteiger partial charge in [0, 0.05) is 36.0 Å². The molecule has 0 saturated heterocycles. The summed E-state index contributed by atoms with van der Waals surface area (Å²) in [4.78, 5) is 9.89. The van der Waals surface area contributed by atoms with E-state index in [2.05, 4.69) is 74.3 Å². The molecule has 0 saturated carbocycles. The van der Waals surface area contributed by atoms with Crippen molar-refractivity contribution in [2.45, 2.75) is 25.8 Å². The van der Waals surface area contributed by atoms with Crippen LogP contribution in [0.3, 0.4) is 0 Å². The summed E-state index contributed by atoms with van der Waals surface area (Å²) < 4.78 is 0. The number of benzene rings is 1. The predicted molar refractivity (Wildman–Crippen MR) is 123 cm³/mol. The van der Waals surface area contributed by atoms with E-state index < -0.39 is 0 Å². The van der Waals surface area contributed by atoms with Crippen LogP contribution in [0.25, 0.3) is 11.4 Å². The van der Waals surface area contributed by atoms with Gasteiger partial charge in [-0.25, -0.2) is 4.98 Å². The fourth-order valence-corrected chi connectivity index (χ4v) is 3.49. The van der Waals surface area contributed by atoms with Crippen molar-refractivity contribution in [2.24, 2.45) is 4.99 Å². The van der Waals surface area contributed by atoms with Crippen LogP contribution < -0.4 is 10.6 Å². The summed E-state index contributed by atoms with van der Waals surface area (Å²) in [7, 11) is 1.79. The topological polar surface area (TPSA) is 78.0 Å². The number of H-pyrrole nitrogens is 1. The van der Waals surface area contributed by atoms with Gasteiger partial charge in [-0.3, -0.25) is 10.1 Å². The summed E-state index contributed by atoms with van der Waals surface area (Å²) in [5, 5.41) is 15.7. The third-order valence-electron chi connectivity index (χ3n) is 4.18. The normalized spacial score (nSPS) is 11.7. The van der Waals surface area contributed by atoms with Gasteiger partial charge >= 0.3 is 0 Å². The summed E-state index contributed by atoms with van der Waals surface area (Å²) in [6, 6.07) is 12.5. The fraction of sp³-hybridized carbons (Fsp3) is 0.316. The third kappa shape index (κ3) is 5.77. The average molecular weight is 496 g/mol. The Hall–Kier alpha value is -1.94. The van der Waals surface area contributed by atoms with E-state index in [4.69, 9.17) is 0 Å². The molecule has 0 aliphatic carbocycles. The molecule has 8 heteroatoms. The van der Waals surface area contributed by atoms with Crippen LogP contribution in [-0.2, 0) is 12.0 Å². The highest BCUT2D eigenvalue weighted by molar-refractivity contribution is 14.0. The molecule has 3 N–H and O–H groups in total. The lowest BCUT2D eigenvalue weighted by Crippen LogP contribution is -2.42.